The van der Waals surface area contributed by atoms with E-state index in [4.69, 9.17) is 23.2 Å². The van der Waals surface area contributed by atoms with Crippen molar-refractivity contribution in [3.05, 3.63) is 92.9 Å². The van der Waals surface area contributed by atoms with E-state index < -0.39 is 40.0 Å². The summed E-state index contributed by atoms with van der Waals surface area (Å²) in [7, 11) is -4.15. The molecular weight excluding hydrogens is 625 g/mol. The van der Waals surface area contributed by atoms with E-state index in [1.165, 1.54) is 17.0 Å². The maximum Gasteiger partial charge on any atom is 0.264 e. The zero-order chi connectivity index (χ0) is 29.0. The molecule has 208 valence electrons. The summed E-state index contributed by atoms with van der Waals surface area (Å²) >= 11 is 16.2. The Balaban J connectivity index is 2.07. The fourth-order valence-corrected chi connectivity index (χ4v) is 6.12. The molecule has 39 heavy (non-hydrogen) atoms. The van der Waals surface area contributed by atoms with E-state index in [1.807, 2.05) is 20.8 Å². The van der Waals surface area contributed by atoms with Crippen LogP contribution in [-0.4, -0.2) is 43.3 Å². The van der Waals surface area contributed by atoms with Crippen LogP contribution in [0.2, 0.25) is 10.0 Å². The Morgan fingerprint density at radius 3 is 2.10 bits per heavy atom. The number of halogens is 3. The van der Waals surface area contributed by atoms with Crippen LogP contribution >= 0.6 is 39.1 Å². The van der Waals surface area contributed by atoms with Crippen molar-refractivity contribution in [1.29, 1.82) is 0 Å². The summed E-state index contributed by atoms with van der Waals surface area (Å²) in [5.41, 5.74) is 0.176. The van der Waals surface area contributed by atoms with Crippen LogP contribution in [0.15, 0.2) is 82.2 Å². The largest absolute Gasteiger partial charge is 0.350 e. The smallest absolute Gasteiger partial charge is 0.264 e. The van der Waals surface area contributed by atoms with Gasteiger partial charge in [-0.05, 0) is 70.2 Å². The van der Waals surface area contributed by atoms with Crippen LogP contribution in [0.3, 0.4) is 0 Å². The van der Waals surface area contributed by atoms with Crippen LogP contribution in [0.25, 0.3) is 0 Å². The quantitative estimate of drug-likeness (QED) is 0.294. The average molecular weight is 655 g/mol. The van der Waals surface area contributed by atoms with E-state index in [-0.39, 0.29) is 17.1 Å². The number of anilines is 1. The van der Waals surface area contributed by atoms with Gasteiger partial charge in [-0.15, -0.1) is 0 Å². The molecule has 0 unspecified atom stereocenters. The normalized spacial score (nSPS) is 12.5. The molecule has 0 saturated carbocycles. The molecular formula is C28H30BrCl2N3O4S. The summed E-state index contributed by atoms with van der Waals surface area (Å²) in [5.74, 6) is -1.01. The van der Waals surface area contributed by atoms with Crippen molar-refractivity contribution in [2.45, 2.75) is 50.7 Å². The number of rotatable bonds is 9. The molecule has 0 radical (unpaired) electrons. The molecule has 2 amide bonds. The highest BCUT2D eigenvalue weighted by molar-refractivity contribution is 9.10. The van der Waals surface area contributed by atoms with Gasteiger partial charge in [0.1, 0.15) is 12.6 Å². The van der Waals surface area contributed by atoms with E-state index in [2.05, 4.69) is 21.2 Å². The number of amides is 2. The number of benzene rings is 3. The van der Waals surface area contributed by atoms with Crippen molar-refractivity contribution in [1.82, 2.24) is 10.2 Å². The summed E-state index contributed by atoms with van der Waals surface area (Å²) < 4.78 is 29.2. The molecule has 7 nitrogen and oxygen atoms in total. The molecule has 0 aliphatic carbocycles. The van der Waals surface area contributed by atoms with E-state index in [0.29, 0.717) is 20.1 Å². The molecule has 3 aromatic rings. The van der Waals surface area contributed by atoms with E-state index in [9.17, 15) is 18.0 Å². The molecule has 1 N–H and O–H groups in total. The molecule has 3 aromatic carbocycles. The van der Waals surface area contributed by atoms with Gasteiger partial charge in [-0.3, -0.25) is 13.9 Å². The lowest BCUT2D eigenvalue weighted by molar-refractivity contribution is -0.140. The first-order chi connectivity index (χ1) is 18.2. The highest BCUT2D eigenvalue weighted by Gasteiger charge is 2.34. The molecule has 1 atom stereocenters. The molecule has 11 heteroatoms. The van der Waals surface area contributed by atoms with Crippen LogP contribution in [-0.2, 0) is 26.2 Å². The Hall–Kier alpha value is -2.59. The van der Waals surface area contributed by atoms with Crippen molar-refractivity contribution in [2.24, 2.45) is 0 Å². The van der Waals surface area contributed by atoms with Gasteiger partial charge in [-0.1, -0.05) is 69.5 Å². The van der Waals surface area contributed by atoms with E-state index in [0.717, 1.165) is 4.31 Å². The van der Waals surface area contributed by atoms with Gasteiger partial charge in [0.05, 0.1) is 10.6 Å². The fourth-order valence-electron chi connectivity index (χ4n) is 3.79. The minimum Gasteiger partial charge on any atom is -0.350 e. The zero-order valence-corrected chi connectivity index (χ0v) is 25.9. The molecule has 0 bridgehead atoms. The first-order valence-corrected chi connectivity index (χ1v) is 15.1. The maximum atomic E-state index is 14.0. The molecule has 0 aromatic heterocycles. The lowest BCUT2D eigenvalue weighted by Crippen LogP contribution is -2.54. The second-order valence-electron chi connectivity index (χ2n) is 9.94. The van der Waals surface area contributed by atoms with Crippen molar-refractivity contribution in [3.8, 4) is 0 Å². The van der Waals surface area contributed by atoms with Crippen LogP contribution in [0, 0.1) is 0 Å². The van der Waals surface area contributed by atoms with Crippen molar-refractivity contribution in [3.63, 3.8) is 0 Å². The first-order valence-electron chi connectivity index (χ1n) is 12.1. The van der Waals surface area contributed by atoms with Gasteiger partial charge < -0.3 is 10.2 Å². The fraction of sp³-hybridized carbons (Fsp3) is 0.286. The minimum absolute atomic E-state index is 0.0250. The molecule has 3 rings (SSSR count). The van der Waals surface area contributed by atoms with Crippen LogP contribution in [0.1, 0.15) is 33.3 Å². The van der Waals surface area contributed by atoms with Crippen molar-refractivity contribution >= 4 is 66.7 Å². The van der Waals surface area contributed by atoms with Gasteiger partial charge in [0, 0.05) is 32.2 Å². The highest BCUT2D eigenvalue weighted by atomic mass is 79.9. The Bertz CT molecular complexity index is 1430. The van der Waals surface area contributed by atoms with Crippen LogP contribution < -0.4 is 9.62 Å². The number of hydrogen-bond donors (Lipinski definition) is 1. The lowest BCUT2D eigenvalue weighted by Gasteiger charge is -2.33. The predicted octanol–water partition coefficient (Wildman–Crippen LogP) is 6.28. The van der Waals surface area contributed by atoms with E-state index >= 15 is 0 Å². The first kappa shape index (κ1) is 30.9. The second-order valence-corrected chi connectivity index (χ2v) is 13.5. The van der Waals surface area contributed by atoms with Crippen molar-refractivity contribution < 1.29 is 18.0 Å². The molecule has 0 saturated heterocycles. The lowest BCUT2D eigenvalue weighted by atomic mass is 10.1. The number of nitrogens with zero attached hydrogens (tertiary/aromatic N) is 2. The van der Waals surface area contributed by atoms with Crippen molar-refractivity contribution in [2.75, 3.05) is 10.8 Å². The van der Waals surface area contributed by atoms with E-state index in [1.54, 1.807) is 67.6 Å². The monoisotopic (exact) mass is 653 g/mol. The van der Waals surface area contributed by atoms with Gasteiger partial charge in [0.15, 0.2) is 0 Å². The number of hydrogen-bond acceptors (Lipinski definition) is 4. The number of sulfonamides is 1. The Kier molecular flexibility index (Phi) is 10.1. The van der Waals surface area contributed by atoms with Gasteiger partial charge in [0.25, 0.3) is 10.0 Å². The third-order valence-corrected chi connectivity index (χ3v) is 8.75. The molecule has 0 heterocycles. The molecule has 0 spiro atoms. The second kappa shape index (κ2) is 12.7. The Morgan fingerprint density at radius 2 is 1.54 bits per heavy atom. The predicted molar refractivity (Wildman–Crippen MR) is 159 cm³/mol. The Labute approximate surface area is 248 Å². The molecule has 0 aliphatic rings. The van der Waals surface area contributed by atoms with Gasteiger partial charge in [-0.25, -0.2) is 8.42 Å². The summed E-state index contributed by atoms with van der Waals surface area (Å²) in [5, 5.41) is 3.53. The third kappa shape index (κ3) is 7.97. The third-order valence-electron chi connectivity index (χ3n) is 5.76. The average Bonchev–Trinajstić information content (AvgIpc) is 2.86. The summed E-state index contributed by atoms with van der Waals surface area (Å²) in [6.45, 7) is 6.40. The number of carbonyl (C=O) groups is 2. The molecule has 0 fully saturated rings. The number of nitrogens with one attached hydrogen (secondary N) is 1. The summed E-state index contributed by atoms with van der Waals surface area (Å²) in [4.78, 5) is 28.5. The summed E-state index contributed by atoms with van der Waals surface area (Å²) in [6, 6.07) is 18.5. The highest BCUT2D eigenvalue weighted by Crippen LogP contribution is 2.29. The zero-order valence-electron chi connectivity index (χ0n) is 22.0. The van der Waals surface area contributed by atoms with Gasteiger partial charge >= 0.3 is 0 Å². The SMILES string of the molecule is C[C@@H](C(=O)NC(C)(C)C)N(Cc1c(Cl)cccc1Cl)C(=O)CN(c1cccc(Br)c1)S(=O)(=O)c1ccccc1. The van der Waals surface area contributed by atoms with Crippen LogP contribution in [0.4, 0.5) is 5.69 Å². The number of carbonyl (C=O) groups excluding carboxylic acids is 2. The molecule has 0 aliphatic heterocycles. The topological polar surface area (TPSA) is 86.8 Å². The minimum atomic E-state index is -4.15. The van der Waals surface area contributed by atoms with Crippen LogP contribution in [0.5, 0.6) is 0 Å². The van der Waals surface area contributed by atoms with Gasteiger partial charge in [0.2, 0.25) is 11.8 Å². The summed E-state index contributed by atoms with van der Waals surface area (Å²) in [6.07, 6.45) is 0. The van der Waals surface area contributed by atoms with Gasteiger partial charge in [-0.2, -0.15) is 0 Å². The standard InChI is InChI=1S/C28H30BrCl2N3O4S/c1-19(27(36)32-28(2,3)4)33(17-23-24(30)14-9-15-25(23)31)26(35)18-34(21-11-8-10-20(29)16-21)39(37,38)22-12-6-5-7-13-22/h5-16,19H,17-18H2,1-4H3,(H,32,36)/t19-/m0/s1. The maximum absolute atomic E-state index is 14.0. The Morgan fingerprint density at radius 1 is 0.949 bits per heavy atom.